The number of piperidine rings is 1. The highest BCUT2D eigenvalue weighted by molar-refractivity contribution is 5.88. The van der Waals surface area contributed by atoms with Gasteiger partial charge in [-0.2, -0.15) is 0 Å². The summed E-state index contributed by atoms with van der Waals surface area (Å²) >= 11 is 0. The summed E-state index contributed by atoms with van der Waals surface area (Å²) in [4.78, 5) is 11.1. The Balaban J connectivity index is 1.36. The molecule has 2 aromatic carbocycles. The van der Waals surface area contributed by atoms with E-state index in [-0.39, 0.29) is 12.1 Å². The van der Waals surface area contributed by atoms with E-state index in [1.165, 1.54) is 18.4 Å². The van der Waals surface area contributed by atoms with Crippen molar-refractivity contribution in [1.29, 1.82) is 0 Å². The van der Waals surface area contributed by atoms with Crippen LogP contribution in [0.2, 0.25) is 0 Å². The lowest BCUT2D eigenvalue weighted by molar-refractivity contribution is -0.00266. The lowest BCUT2D eigenvalue weighted by Gasteiger charge is -2.44. The number of methoxy groups -OCH3 is 1. The first-order chi connectivity index (χ1) is 15.3. The average Bonchev–Trinajstić information content (AvgIpc) is 3.58. The van der Waals surface area contributed by atoms with Crippen LogP contribution < -0.4 is 10.1 Å². The van der Waals surface area contributed by atoms with E-state index in [4.69, 9.17) is 14.5 Å². The molecule has 1 saturated carbocycles. The lowest BCUT2D eigenvalue weighted by Crippen LogP contribution is -2.53. The Morgan fingerprint density at radius 1 is 1.13 bits per heavy atom. The highest BCUT2D eigenvalue weighted by atomic mass is 16.5. The molecule has 2 N–H and O–H groups in total. The maximum absolute atomic E-state index is 6.21. The minimum Gasteiger partial charge on any atom is -0.491 e. The van der Waals surface area contributed by atoms with Crippen molar-refractivity contribution < 1.29 is 9.47 Å². The summed E-state index contributed by atoms with van der Waals surface area (Å²) in [5.74, 6) is 2.72. The SMILES string of the molecule is COC1CCCN(C2COc3ccccc3C2Nc2cccc3[nH]c(C4CC4)nc23)C1. The molecule has 3 aromatic rings. The molecule has 6 heteroatoms. The maximum Gasteiger partial charge on any atom is 0.124 e. The van der Waals surface area contributed by atoms with Gasteiger partial charge in [0, 0.05) is 25.1 Å². The molecule has 162 valence electrons. The van der Waals surface area contributed by atoms with Gasteiger partial charge in [0.15, 0.2) is 0 Å². The molecule has 1 aliphatic carbocycles. The molecule has 31 heavy (non-hydrogen) atoms. The van der Waals surface area contributed by atoms with Crippen LogP contribution in [0.25, 0.3) is 11.0 Å². The summed E-state index contributed by atoms with van der Waals surface area (Å²) in [6.45, 7) is 2.70. The van der Waals surface area contributed by atoms with Gasteiger partial charge in [0.05, 0.1) is 29.4 Å². The van der Waals surface area contributed by atoms with Crippen LogP contribution in [0.15, 0.2) is 42.5 Å². The van der Waals surface area contributed by atoms with Crippen molar-refractivity contribution >= 4 is 16.7 Å². The number of hydrogen-bond donors (Lipinski definition) is 2. The molecule has 0 bridgehead atoms. The van der Waals surface area contributed by atoms with E-state index in [1.807, 2.05) is 7.11 Å². The standard InChI is InChI=1S/C25H30N4O2/c1-30-17-6-5-13-29(14-17)21-15-31-22-10-3-2-7-18(22)23(21)26-19-8-4-9-20-24(19)28-25(27-20)16-11-12-16/h2-4,7-10,16-17,21,23,26H,5-6,11-15H2,1H3,(H,27,28). The van der Waals surface area contributed by atoms with Gasteiger partial charge in [0.2, 0.25) is 0 Å². The normalized spacial score (nSPS) is 26.4. The van der Waals surface area contributed by atoms with E-state index >= 15 is 0 Å². The number of imidazole rings is 1. The number of nitrogens with zero attached hydrogens (tertiary/aromatic N) is 2. The molecule has 3 atom stereocenters. The van der Waals surface area contributed by atoms with Crippen molar-refractivity contribution in [2.75, 3.05) is 32.1 Å². The number of nitrogens with one attached hydrogen (secondary N) is 2. The molecule has 6 nitrogen and oxygen atoms in total. The van der Waals surface area contributed by atoms with E-state index in [2.05, 4.69) is 57.7 Å². The van der Waals surface area contributed by atoms with E-state index in [0.29, 0.717) is 18.6 Å². The summed E-state index contributed by atoms with van der Waals surface area (Å²) in [6, 6.07) is 15.2. The second-order valence-corrected chi connectivity index (χ2v) is 9.13. The number of hydrogen-bond acceptors (Lipinski definition) is 5. The largest absolute Gasteiger partial charge is 0.491 e. The highest BCUT2D eigenvalue weighted by Gasteiger charge is 2.37. The molecule has 2 aliphatic heterocycles. The van der Waals surface area contributed by atoms with Gasteiger partial charge in [-0.3, -0.25) is 4.90 Å². The fourth-order valence-corrected chi connectivity index (χ4v) is 5.18. The molecule has 1 aromatic heterocycles. The molecule has 2 fully saturated rings. The van der Waals surface area contributed by atoms with Crippen LogP contribution in [0.3, 0.4) is 0 Å². The Labute approximate surface area is 182 Å². The summed E-state index contributed by atoms with van der Waals surface area (Å²) < 4.78 is 11.9. The minimum atomic E-state index is 0.132. The number of likely N-dealkylation sites (tertiary alicyclic amines) is 1. The van der Waals surface area contributed by atoms with Crippen molar-refractivity contribution in [3.05, 3.63) is 53.9 Å². The van der Waals surface area contributed by atoms with Crippen LogP contribution in [-0.2, 0) is 4.74 Å². The van der Waals surface area contributed by atoms with E-state index in [9.17, 15) is 0 Å². The monoisotopic (exact) mass is 418 g/mol. The first-order valence-corrected chi connectivity index (χ1v) is 11.5. The molecule has 3 aliphatic rings. The van der Waals surface area contributed by atoms with Gasteiger partial charge in [-0.15, -0.1) is 0 Å². The van der Waals surface area contributed by atoms with Gasteiger partial charge < -0.3 is 19.8 Å². The third kappa shape index (κ3) is 3.58. The summed E-state index contributed by atoms with van der Waals surface area (Å²) in [6.07, 6.45) is 5.07. The van der Waals surface area contributed by atoms with E-state index < -0.39 is 0 Å². The van der Waals surface area contributed by atoms with Crippen LogP contribution in [0.4, 0.5) is 5.69 Å². The molecular formula is C25H30N4O2. The Bertz CT molecular complexity index is 1080. The number of anilines is 1. The number of fused-ring (bicyclic) bond motifs is 2. The third-order valence-electron chi connectivity index (χ3n) is 7.07. The number of rotatable bonds is 5. The fourth-order valence-electron chi connectivity index (χ4n) is 5.18. The van der Waals surface area contributed by atoms with Gasteiger partial charge in [-0.25, -0.2) is 4.98 Å². The van der Waals surface area contributed by atoms with Crippen LogP contribution in [-0.4, -0.2) is 53.8 Å². The smallest absolute Gasteiger partial charge is 0.124 e. The molecule has 3 unspecified atom stereocenters. The topological polar surface area (TPSA) is 62.4 Å². The van der Waals surface area contributed by atoms with Crippen LogP contribution in [0, 0.1) is 0 Å². The number of aromatic amines is 1. The van der Waals surface area contributed by atoms with Crippen molar-refractivity contribution in [3.63, 3.8) is 0 Å². The van der Waals surface area contributed by atoms with Crippen LogP contribution in [0.1, 0.15) is 49.0 Å². The molecule has 0 radical (unpaired) electrons. The summed E-state index contributed by atoms with van der Waals surface area (Å²) in [5, 5.41) is 3.89. The molecule has 6 rings (SSSR count). The Morgan fingerprint density at radius 3 is 2.90 bits per heavy atom. The number of para-hydroxylation sites is 2. The first kappa shape index (κ1) is 19.1. The zero-order valence-electron chi connectivity index (χ0n) is 18.0. The minimum absolute atomic E-state index is 0.132. The van der Waals surface area contributed by atoms with Gasteiger partial charge in [0.25, 0.3) is 0 Å². The zero-order valence-corrected chi connectivity index (χ0v) is 18.0. The highest BCUT2D eigenvalue weighted by Crippen LogP contribution is 2.41. The Kier molecular flexibility index (Phi) is 4.84. The quantitative estimate of drug-likeness (QED) is 0.640. The van der Waals surface area contributed by atoms with E-state index in [0.717, 1.165) is 54.2 Å². The van der Waals surface area contributed by atoms with Crippen molar-refractivity contribution in [2.45, 2.75) is 49.8 Å². The molecule has 3 heterocycles. The van der Waals surface area contributed by atoms with Crippen molar-refractivity contribution in [1.82, 2.24) is 14.9 Å². The number of ether oxygens (including phenoxy) is 2. The first-order valence-electron chi connectivity index (χ1n) is 11.5. The zero-order chi connectivity index (χ0) is 20.8. The maximum atomic E-state index is 6.21. The Morgan fingerprint density at radius 2 is 2.03 bits per heavy atom. The van der Waals surface area contributed by atoms with Crippen molar-refractivity contribution in [3.8, 4) is 5.75 Å². The molecular weight excluding hydrogens is 388 g/mol. The van der Waals surface area contributed by atoms with Gasteiger partial charge >= 0.3 is 0 Å². The van der Waals surface area contributed by atoms with E-state index in [1.54, 1.807) is 0 Å². The predicted octanol–water partition coefficient (Wildman–Crippen LogP) is 4.47. The van der Waals surface area contributed by atoms with Crippen molar-refractivity contribution in [2.24, 2.45) is 0 Å². The van der Waals surface area contributed by atoms with Crippen LogP contribution >= 0.6 is 0 Å². The van der Waals surface area contributed by atoms with Crippen LogP contribution in [0.5, 0.6) is 5.75 Å². The van der Waals surface area contributed by atoms with Gasteiger partial charge in [-0.05, 0) is 50.4 Å². The molecule has 0 spiro atoms. The van der Waals surface area contributed by atoms with Gasteiger partial charge in [0.1, 0.15) is 23.7 Å². The average molecular weight is 419 g/mol. The number of aromatic nitrogens is 2. The summed E-state index contributed by atoms with van der Waals surface area (Å²) in [5.41, 5.74) is 4.46. The fraction of sp³-hybridized carbons (Fsp3) is 0.480. The lowest BCUT2D eigenvalue weighted by atomic mass is 9.92. The second kappa shape index (κ2) is 7.84. The Hall–Kier alpha value is -2.57. The number of H-pyrrole nitrogens is 1. The number of benzene rings is 2. The molecule has 1 saturated heterocycles. The molecule has 0 amide bonds. The summed E-state index contributed by atoms with van der Waals surface area (Å²) in [7, 11) is 1.83. The van der Waals surface area contributed by atoms with Gasteiger partial charge in [-0.1, -0.05) is 24.3 Å². The second-order valence-electron chi connectivity index (χ2n) is 9.13. The third-order valence-corrected chi connectivity index (χ3v) is 7.07. The predicted molar refractivity (Wildman–Crippen MR) is 122 cm³/mol.